The van der Waals surface area contributed by atoms with Crippen LogP contribution in [0.5, 0.6) is 0 Å². The molecule has 17 heavy (non-hydrogen) atoms. The number of benzene rings is 1. The highest BCUT2D eigenvalue weighted by Crippen LogP contribution is 2.10. The summed E-state index contributed by atoms with van der Waals surface area (Å²) in [6, 6.07) is 8.36. The number of methoxy groups -OCH3 is 1. The first kappa shape index (κ1) is 13.9. The first-order valence-electron chi connectivity index (χ1n) is 5.89. The molecule has 0 heterocycles. The van der Waals surface area contributed by atoms with E-state index < -0.39 is 0 Å². The molecule has 0 spiro atoms. The Morgan fingerprint density at radius 3 is 2.59 bits per heavy atom. The number of ether oxygens (including phenoxy) is 1. The van der Waals surface area contributed by atoms with Crippen molar-refractivity contribution in [2.24, 2.45) is 0 Å². The summed E-state index contributed by atoms with van der Waals surface area (Å²) in [5, 5.41) is 6.83. The van der Waals surface area contributed by atoms with Crippen molar-refractivity contribution < 1.29 is 4.74 Å². The minimum Gasteiger partial charge on any atom is -0.383 e. The number of thiocarbonyl (C=S) groups is 1. The van der Waals surface area contributed by atoms with Crippen molar-refractivity contribution in [1.29, 1.82) is 0 Å². The highest BCUT2D eigenvalue weighted by molar-refractivity contribution is 7.80. The van der Waals surface area contributed by atoms with E-state index in [0.717, 1.165) is 18.7 Å². The predicted octanol–water partition coefficient (Wildman–Crippen LogP) is 2.57. The topological polar surface area (TPSA) is 33.3 Å². The van der Waals surface area contributed by atoms with Gasteiger partial charge >= 0.3 is 0 Å². The van der Waals surface area contributed by atoms with E-state index in [4.69, 9.17) is 17.0 Å². The molecule has 0 aliphatic rings. The maximum Gasteiger partial charge on any atom is 0.170 e. The summed E-state index contributed by atoms with van der Waals surface area (Å²) < 4.78 is 4.94. The second kappa shape index (κ2) is 8.03. The first-order valence-corrected chi connectivity index (χ1v) is 6.29. The van der Waals surface area contributed by atoms with Crippen molar-refractivity contribution in [3.8, 4) is 0 Å². The molecule has 0 saturated heterocycles. The SMILES string of the molecule is CCCc1ccc(NC(=S)NCCOC)cc1. The van der Waals surface area contributed by atoms with E-state index in [-0.39, 0.29) is 0 Å². The van der Waals surface area contributed by atoms with Crippen LogP contribution in [0.25, 0.3) is 0 Å². The maximum absolute atomic E-state index is 5.16. The van der Waals surface area contributed by atoms with Crippen molar-refractivity contribution >= 4 is 23.0 Å². The van der Waals surface area contributed by atoms with Crippen LogP contribution >= 0.6 is 12.2 Å². The van der Waals surface area contributed by atoms with Gasteiger partial charge in [0, 0.05) is 19.3 Å². The maximum atomic E-state index is 5.16. The molecule has 2 N–H and O–H groups in total. The zero-order valence-corrected chi connectivity index (χ0v) is 11.3. The van der Waals surface area contributed by atoms with E-state index in [1.807, 2.05) is 0 Å². The molecule has 0 aromatic heterocycles. The normalized spacial score (nSPS) is 10.0. The lowest BCUT2D eigenvalue weighted by Crippen LogP contribution is -2.31. The van der Waals surface area contributed by atoms with Gasteiger partial charge < -0.3 is 15.4 Å². The highest BCUT2D eigenvalue weighted by atomic mass is 32.1. The van der Waals surface area contributed by atoms with Crippen molar-refractivity contribution in [2.45, 2.75) is 19.8 Å². The first-order chi connectivity index (χ1) is 8.26. The van der Waals surface area contributed by atoms with Crippen molar-refractivity contribution in [3.63, 3.8) is 0 Å². The second-order valence-electron chi connectivity index (χ2n) is 3.82. The summed E-state index contributed by atoms with van der Waals surface area (Å²) in [6.07, 6.45) is 2.29. The Kier molecular flexibility index (Phi) is 6.58. The van der Waals surface area contributed by atoms with Crippen molar-refractivity contribution in [2.75, 3.05) is 25.6 Å². The van der Waals surface area contributed by atoms with E-state index in [1.165, 1.54) is 12.0 Å². The van der Waals surface area contributed by atoms with Gasteiger partial charge in [-0.2, -0.15) is 0 Å². The van der Waals surface area contributed by atoms with Gasteiger partial charge in [0.1, 0.15) is 0 Å². The Morgan fingerprint density at radius 1 is 1.29 bits per heavy atom. The molecule has 0 bridgehead atoms. The van der Waals surface area contributed by atoms with Gasteiger partial charge in [0.15, 0.2) is 5.11 Å². The third kappa shape index (κ3) is 5.65. The van der Waals surface area contributed by atoms with Gasteiger partial charge in [-0.05, 0) is 36.3 Å². The minimum absolute atomic E-state index is 0.630. The fourth-order valence-electron chi connectivity index (χ4n) is 1.49. The van der Waals surface area contributed by atoms with Crippen LogP contribution < -0.4 is 10.6 Å². The second-order valence-corrected chi connectivity index (χ2v) is 4.23. The molecule has 94 valence electrons. The zero-order chi connectivity index (χ0) is 12.5. The Bertz CT molecular complexity index is 338. The number of rotatable bonds is 6. The van der Waals surface area contributed by atoms with Crippen molar-refractivity contribution in [1.82, 2.24) is 5.32 Å². The van der Waals surface area contributed by atoms with E-state index in [2.05, 4.69) is 41.8 Å². The molecule has 1 aromatic carbocycles. The zero-order valence-electron chi connectivity index (χ0n) is 10.5. The summed E-state index contributed by atoms with van der Waals surface area (Å²) >= 11 is 5.16. The molecule has 0 aliphatic carbocycles. The van der Waals surface area contributed by atoms with E-state index in [0.29, 0.717) is 11.7 Å². The molecule has 0 atom stereocenters. The van der Waals surface area contributed by atoms with Crippen LogP contribution in [0.2, 0.25) is 0 Å². The summed E-state index contributed by atoms with van der Waals surface area (Å²) in [6.45, 7) is 3.55. The largest absolute Gasteiger partial charge is 0.383 e. The lowest BCUT2D eigenvalue weighted by atomic mass is 10.1. The number of hydrogen-bond acceptors (Lipinski definition) is 2. The van der Waals surface area contributed by atoms with Gasteiger partial charge in [-0.15, -0.1) is 0 Å². The third-order valence-corrected chi connectivity index (χ3v) is 2.59. The molecule has 0 saturated carbocycles. The number of nitrogens with one attached hydrogen (secondary N) is 2. The van der Waals surface area contributed by atoms with Crippen LogP contribution in [0.4, 0.5) is 5.69 Å². The average molecular weight is 252 g/mol. The lowest BCUT2D eigenvalue weighted by Gasteiger charge is -2.10. The molecule has 0 aliphatic heterocycles. The van der Waals surface area contributed by atoms with Gasteiger partial charge in [-0.3, -0.25) is 0 Å². The fourth-order valence-corrected chi connectivity index (χ4v) is 1.71. The highest BCUT2D eigenvalue weighted by Gasteiger charge is 1.97. The van der Waals surface area contributed by atoms with Crippen LogP contribution in [-0.4, -0.2) is 25.4 Å². The molecule has 3 nitrogen and oxygen atoms in total. The summed E-state index contributed by atoms with van der Waals surface area (Å²) in [5.74, 6) is 0. The Balaban J connectivity index is 2.37. The third-order valence-electron chi connectivity index (χ3n) is 2.34. The summed E-state index contributed by atoms with van der Waals surface area (Å²) in [7, 11) is 1.67. The molecule has 0 amide bonds. The van der Waals surface area contributed by atoms with Gasteiger partial charge in [-0.25, -0.2) is 0 Å². The van der Waals surface area contributed by atoms with Crippen LogP contribution in [0.1, 0.15) is 18.9 Å². The van der Waals surface area contributed by atoms with Crippen molar-refractivity contribution in [3.05, 3.63) is 29.8 Å². The van der Waals surface area contributed by atoms with Crippen LogP contribution in [-0.2, 0) is 11.2 Å². The standard InChI is InChI=1S/C13H20N2OS/c1-3-4-11-5-7-12(8-6-11)15-13(17)14-9-10-16-2/h5-8H,3-4,9-10H2,1-2H3,(H2,14,15,17). The molecule has 1 aromatic rings. The molecule has 1 rings (SSSR count). The smallest absolute Gasteiger partial charge is 0.170 e. The van der Waals surface area contributed by atoms with Gasteiger partial charge in [-0.1, -0.05) is 25.5 Å². The molecular weight excluding hydrogens is 232 g/mol. The van der Waals surface area contributed by atoms with Crippen LogP contribution in [0.3, 0.4) is 0 Å². The number of aryl methyl sites for hydroxylation is 1. The van der Waals surface area contributed by atoms with Gasteiger partial charge in [0.25, 0.3) is 0 Å². The molecule has 4 heteroatoms. The van der Waals surface area contributed by atoms with Gasteiger partial charge in [0.05, 0.1) is 6.61 Å². The van der Waals surface area contributed by atoms with E-state index >= 15 is 0 Å². The quantitative estimate of drug-likeness (QED) is 0.602. The monoisotopic (exact) mass is 252 g/mol. The Hall–Kier alpha value is -1.13. The van der Waals surface area contributed by atoms with E-state index in [9.17, 15) is 0 Å². The predicted molar refractivity (Wildman–Crippen MR) is 76.5 cm³/mol. The summed E-state index contributed by atoms with van der Waals surface area (Å²) in [5.41, 5.74) is 2.37. The summed E-state index contributed by atoms with van der Waals surface area (Å²) in [4.78, 5) is 0. The average Bonchev–Trinajstić information content (AvgIpc) is 2.32. The van der Waals surface area contributed by atoms with Gasteiger partial charge in [0.2, 0.25) is 0 Å². The van der Waals surface area contributed by atoms with Crippen LogP contribution in [0.15, 0.2) is 24.3 Å². The molecule has 0 fully saturated rings. The fraction of sp³-hybridized carbons (Fsp3) is 0.462. The number of hydrogen-bond donors (Lipinski definition) is 2. The lowest BCUT2D eigenvalue weighted by molar-refractivity contribution is 0.204. The molecule has 0 radical (unpaired) electrons. The van der Waals surface area contributed by atoms with Crippen LogP contribution in [0, 0.1) is 0 Å². The Morgan fingerprint density at radius 2 is 2.00 bits per heavy atom. The number of anilines is 1. The molecule has 0 unspecified atom stereocenters. The Labute approximate surface area is 109 Å². The van der Waals surface area contributed by atoms with E-state index in [1.54, 1.807) is 7.11 Å². The minimum atomic E-state index is 0.630. The molecular formula is C13H20N2OS.